The van der Waals surface area contributed by atoms with Crippen LogP contribution in [0, 0.1) is 11.8 Å². The van der Waals surface area contributed by atoms with Crippen LogP contribution in [0.1, 0.15) is 30.6 Å². The Morgan fingerprint density at radius 3 is 2.43 bits per heavy atom. The Bertz CT molecular complexity index is 985. The average Bonchev–Trinajstić information content (AvgIpc) is 2.62. The van der Waals surface area contributed by atoms with Crippen molar-refractivity contribution in [2.24, 2.45) is 11.8 Å². The van der Waals surface area contributed by atoms with Crippen LogP contribution in [0.15, 0.2) is 47.4 Å². The summed E-state index contributed by atoms with van der Waals surface area (Å²) in [6.07, 6.45) is 1.10. The van der Waals surface area contributed by atoms with Gasteiger partial charge in [-0.05, 0) is 54.7 Å². The molecule has 0 saturated carbocycles. The van der Waals surface area contributed by atoms with E-state index in [1.807, 2.05) is 4.90 Å². The van der Waals surface area contributed by atoms with Crippen LogP contribution in [0.5, 0.6) is 0 Å². The van der Waals surface area contributed by atoms with E-state index in [0.29, 0.717) is 36.2 Å². The Balaban J connectivity index is 1.83. The first-order valence-electron chi connectivity index (χ1n) is 9.03. The van der Waals surface area contributed by atoms with Gasteiger partial charge in [0.1, 0.15) is 4.90 Å². The number of nitrogens with one attached hydrogen (secondary N) is 1. The highest BCUT2D eigenvalue weighted by atomic mass is 35.5. The molecule has 1 fully saturated rings. The lowest BCUT2D eigenvalue weighted by molar-refractivity contribution is 0.0623. The van der Waals surface area contributed by atoms with Crippen molar-refractivity contribution in [2.45, 2.75) is 25.2 Å². The summed E-state index contributed by atoms with van der Waals surface area (Å²) in [4.78, 5) is 14.6. The molecule has 1 amide bonds. The summed E-state index contributed by atoms with van der Waals surface area (Å²) in [5.74, 6) is 0.791. The van der Waals surface area contributed by atoms with Crippen molar-refractivity contribution in [1.29, 1.82) is 0 Å². The van der Waals surface area contributed by atoms with Gasteiger partial charge in [-0.25, -0.2) is 8.42 Å². The number of likely N-dealkylation sites (tertiary alicyclic amines) is 1. The van der Waals surface area contributed by atoms with Crippen LogP contribution in [-0.2, 0) is 10.0 Å². The molecular weight excluding hydrogens is 419 g/mol. The van der Waals surface area contributed by atoms with Gasteiger partial charge in [0.2, 0.25) is 0 Å². The second-order valence-corrected chi connectivity index (χ2v) is 9.91. The Labute approximate surface area is 175 Å². The van der Waals surface area contributed by atoms with Crippen LogP contribution in [-0.4, -0.2) is 32.3 Å². The zero-order valence-electron chi connectivity index (χ0n) is 15.7. The molecule has 1 aliphatic heterocycles. The second kappa shape index (κ2) is 8.31. The van der Waals surface area contributed by atoms with Crippen LogP contribution in [0.25, 0.3) is 0 Å². The fraction of sp³-hybridized carbons (Fsp3) is 0.350. The summed E-state index contributed by atoms with van der Waals surface area (Å²) >= 11 is 11.9. The minimum absolute atomic E-state index is 0.0698. The number of rotatable bonds is 4. The molecule has 5 nitrogen and oxygen atoms in total. The maximum atomic E-state index is 12.9. The number of hydrogen-bond donors (Lipinski definition) is 1. The summed E-state index contributed by atoms with van der Waals surface area (Å²) < 4.78 is 27.9. The third-order valence-electron chi connectivity index (χ3n) is 4.70. The van der Waals surface area contributed by atoms with E-state index < -0.39 is 10.0 Å². The van der Waals surface area contributed by atoms with Gasteiger partial charge in [-0.15, -0.1) is 0 Å². The van der Waals surface area contributed by atoms with Crippen LogP contribution in [0.3, 0.4) is 0 Å². The lowest BCUT2D eigenvalue weighted by atomic mass is 9.91. The predicted octanol–water partition coefficient (Wildman–Crippen LogP) is 4.91. The largest absolute Gasteiger partial charge is 0.338 e. The van der Waals surface area contributed by atoms with Crippen LogP contribution in [0.4, 0.5) is 5.69 Å². The van der Waals surface area contributed by atoms with Gasteiger partial charge in [0.05, 0.1) is 5.02 Å². The third kappa shape index (κ3) is 4.80. The number of hydrogen-bond acceptors (Lipinski definition) is 3. The summed E-state index contributed by atoms with van der Waals surface area (Å²) in [6, 6.07) is 10.7. The molecule has 2 atom stereocenters. The number of carbonyl (C=O) groups is 1. The van der Waals surface area contributed by atoms with Crippen molar-refractivity contribution in [2.75, 3.05) is 17.8 Å². The zero-order valence-corrected chi connectivity index (χ0v) is 18.0. The molecule has 3 rings (SSSR count). The van der Waals surface area contributed by atoms with Crippen LogP contribution < -0.4 is 4.72 Å². The first-order valence-corrected chi connectivity index (χ1v) is 11.3. The van der Waals surface area contributed by atoms with Crippen molar-refractivity contribution >= 4 is 44.8 Å². The number of anilines is 1. The van der Waals surface area contributed by atoms with Gasteiger partial charge in [-0.1, -0.05) is 43.1 Å². The summed E-state index contributed by atoms with van der Waals surface area (Å²) in [5.41, 5.74) is 0.735. The van der Waals surface area contributed by atoms with Gasteiger partial charge in [-0.2, -0.15) is 0 Å². The number of amides is 1. The normalized spacial score (nSPS) is 20.1. The van der Waals surface area contributed by atoms with E-state index in [0.717, 1.165) is 6.42 Å². The molecule has 2 aromatic rings. The fourth-order valence-corrected chi connectivity index (χ4v) is 5.43. The first kappa shape index (κ1) is 21.0. The molecule has 28 heavy (non-hydrogen) atoms. The molecule has 1 heterocycles. The first-order chi connectivity index (χ1) is 13.2. The lowest BCUT2D eigenvalue weighted by Gasteiger charge is -2.35. The summed E-state index contributed by atoms with van der Waals surface area (Å²) in [6.45, 7) is 5.68. The smallest absolute Gasteiger partial charge is 0.263 e. The van der Waals surface area contributed by atoms with E-state index in [1.54, 1.807) is 24.3 Å². The van der Waals surface area contributed by atoms with E-state index in [2.05, 4.69) is 18.6 Å². The average molecular weight is 441 g/mol. The second-order valence-electron chi connectivity index (χ2n) is 7.42. The quantitative estimate of drug-likeness (QED) is 0.733. The van der Waals surface area contributed by atoms with Crippen LogP contribution in [0.2, 0.25) is 10.0 Å². The highest BCUT2D eigenvalue weighted by Crippen LogP contribution is 2.28. The van der Waals surface area contributed by atoms with Crippen molar-refractivity contribution in [3.63, 3.8) is 0 Å². The summed E-state index contributed by atoms with van der Waals surface area (Å²) in [5, 5.41) is 0.336. The number of nitrogens with zero attached hydrogens (tertiary/aromatic N) is 1. The molecule has 150 valence electrons. The van der Waals surface area contributed by atoms with E-state index >= 15 is 0 Å². The van der Waals surface area contributed by atoms with E-state index in [4.69, 9.17) is 23.2 Å². The number of sulfonamides is 1. The molecule has 2 unspecified atom stereocenters. The van der Waals surface area contributed by atoms with Gasteiger partial charge in [0.15, 0.2) is 0 Å². The lowest BCUT2D eigenvalue weighted by Crippen LogP contribution is -2.42. The maximum absolute atomic E-state index is 12.9. The van der Waals surface area contributed by atoms with E-state index in [1.165, 1.54) is 18.2 Å². The van der Waals surface area contributed by atoms with Gasteiger partial charge in [0, 0.05) is 29.4 Å². The third-order valence-corrected chi connectivity index (χ3v) is 6.80. The van der Waals surface area contributed by atoms with Crippen LogP contribution >= 0.6 is 23.2 Å². The number of piperidine rings is 1. The Hall–Kier alpha value is -1.76. The number of carbonyl (C=O) groups excluding carboxylic acids is 1. The molecule has 0 spiro atoms. The molecule has 8 heteroatoms. The molecule has 1 aliphatic rings. The minimum Gasteiger partial charge on any atom is -0.338 e. The van der Waals surface area contributed by atoms with Crippen molar-refractivity contribution in [3.05, 3.63) is 58.1 Å². The van der Waals surface area contributed by atoms with Gasteiger partial charge >= 0.3 is 0 Å². The van der Waals surface area contributed by atoms with Gasteiger partial charge in [0.25, 0.3) is 15.9 Å². The molecule has 1 N–H and O–H groups in total. The van der Waals surface area contributed by atoms with E-state index in [-0.39, 0.29) is 20.8 Å². The van der Waals surface area contributed by atoms with Crippen molar-refractivity contribution in [3.8, 4) is 0 Å². The number of halogens is 2. The standard InChI is InChI=1S/C20H22Cl2N2O3S/c1-13-8-14(2)12-24(11-13)20(25)15-4-3-5-17(9-15)23-28(26,27)19-10-16(21)6-7-18(19)22/h3-7,9-10,13-14,23H,8,11-12H2,1-2H3. The monoisotopic (exact) mass is 440 g/mol. The van der Waals surface area contributed by atoms with Crippen molar-refractivity contribution in [1.82, 2.24) is 4.90 Å². The summed E-state index contributed by atoms with van der Waals surface area (Å²) in [7, 11) is -3.94. The molecule has 0 aromatic heterocycles. The predicted molar refractivity (Wildman–Crippen MR) is 113 cm³/mol. The zero-order chi connectivity index (χ0) is 20.5. The van der Waals surface area contributed by atoms with Gasteiger partial charge in [-0.3, -0.25) is 9.52 Å². The Morgan fingerprint density at radius 1 is 1.07 bits per heavy atom. The Morgan fingerprint density at radius 2 is 1.75 bits per heavy atom. The molecule has 0 bridgehead atoms. The minimum atomic E-state index is -3.94. The fourth-order valence-electron chi connectivity index (χ4n) is 3.62. The molecule has 0 radical (unpaired) electrons. The number of benzene rings is 2. The van der Waals surface area contributed by atoms with Crippen molar-refractivity contribution < 1.29 is 13.2 Å². The SMILES string of the molecule is CC1CC(C)CN(C(=O)c2cccc(NS(=O)(=O)c3cc(Cl)ccc3Cl)c2)C1. The maximum Gasteiger partial charge on any atom is 0.263 e. The molecular formula is C20H22Cl2N2O3S. The highest BCUT2D eigenvalue weighted by Gasteiger charge is 2.26. The van der Waals surface area contributed by atoms with E-state index in [9.17, 15) is 13.2 Å². The van der Waals surface area contributed by atoms with Gasteiger partial charge < -0.3 is 4.90 Å². The highest BCUT2D eigenvalue weighted by molar-refractivity contribution is 7.92. The molecule has 0 aliphatic carbocycles. The molecule has 1 saturated heterocycles. The molecule has 2 aromatic carbocycles. The topological polar surface area (TPSA) is 66.5 Å². The Kier molecular flexibility index (Phi) is 6.22.